The third-order valence-electron chi connectivity index (χ3n) is 7.39. The molecule has 1 saturated heterocycles. The van der Waals surface area contributed by atoms with Gasteiger partial charge in [-0.1, -0.05) is 42.5 Å². The van der Waals surface area contributed by atoms with Crippen molar-refractivity contribution in [3.8, 4) is 11.5 Å². The maximum Gasteiger partial charge on any atom is 0.315 e. The number of piperidine rings is 1. The van der Waals surface area contributed by atoms with Crippen LogP contribution in [0.4, 0.5) is 10.5 Å². The van der Waals surface area contributed by atoms with Crippen molar-refractivity contribution in [1.29, 1.82) is 0 Å². The Morgan fingerprint density at radius 2 is 1.83 bits per heavy atom. The number of carbonyl (C=O) groups is 3. The van der Waals surface area contributed by atoms with Crippen LogP contribution < -0.4 is 25.4 Å². The quantitative estimate of drug-likeness (QED) is 0.291. The van der Waals surface area contributed by atoms with E-state index in [4.69, 9.17) is 9.47 Å². The fourth-order valence-electron chi connectivity index (χ4n) is 5.10. The van der Waals surface area contributed by atoms with E-state index >= 15 is 0 Å². The number of carboxylic acid groups (broad SMARTS) is 1. The molecular weight excluding hydrogens is 524 g/mol. The number of nitrogens with zero attached hydrogens (tertiary/aromatic N) is 1. The van der Waals surface area contributed by atoms with E-state index in [2.05, 4.69) is 35.0 Å². The van der Waals surface area contributed by atoms with Crippen LogP contribution in [-0.2, 0) is 22.7 Å². The number of amides is 3. The van der Waals surface area contributed by atoms with E-state index in [9.17, 15) is 19.5 Å². The molecule has 10 heteroatoms. The standard InChI is InChI=1S/C31H34N4O6/c1-20-5-2-3-6-23(20)17-32-24-11-8-21(9-12-24)18-35-14-4-7-25(30(35)38)33-31(39)34-26(16-29(36)37)22-10-13-27-28(15-22)41-19-40-27/h2-3,5-6,8-13,15,25-26,32H,4,7,14,16-19H2,1H3,(H,36,37)(H2,33,34,39)/t25?,26-/m0/s1. The van der Waals surface area contributed by atoms with Crippen LogP contribution in [-0.4, -0.2) is 47.3 Å². The van der Waals surface area contributed by atoms with Gasteiger partial charge in [0.05, 0.1) is 12.5 Å². The largest absolute Gasteiger partial charge is 0.481 e. The molecular formula is C31H34N4O6. The Balaban J connectivity index is 1.15. The van der Waals surface area contributed by atoms with Gasteiger partial charge < -0.3 is 35.4 Å². The highest BCUT2D eigenvalue weighted by atomic mass is 16.7. The summed E-state index contributed by atoms with van der Waals surface area (Å²) in [6.45, 7) is 3.95. The van der Waals surface area contributed by atoms with E-state index in [1.165, 1.54) is 11.1 Å². The zero-order chi connectivity index (χ0) is 28.8. The van der Waals surface area contributed by atoms with Gasteiger partial charge in [0.25, 0.3) is 0 Å². The van der Waals surface area contributed by atoms with Crippen molar-refractivity contribution in [2.45, 2.75) is 51.4 Å². The Morgan fingerprint density at radius 3 is 2.61 bits per heavy atom. The molecule has 2 aliphatic heterocycles. The van der Waals surface area contributed by atoms with Crippen molar-refractivity contribution in [3.05, 3.63) is 89.0 Å². The molecule has 1 unspecified atom stereocenters. The van der Waals surface area contributed by atoms with E-state index in [0.29, 0.717) is 36.6 Å². The molecule has 2 heterocycles. The summed E-state index contributed by atoms with van der Waals surface area (Å²) in [7, 11) is 0. The van der Waals surface area contributed by atoms with Crippen molar-refractivity contribution in [2.75, 3.05) is 18.7 Å². The van der Waals surface area contributed by atoms with Gasteiger partial charge in [-0.3, -0.25) is 9.59 Å². The van der Waals surface area contributed by atoms with Crippen LogP contribution in [0.2, 0.25) is 0 Å². The van der Waals surface area contributed by atoms with Crippen molar-refractivity contribution in [3.63, 3.8) is 0 Å². The second kappa shape index (κ2) is 12.6. The number of fused-ring (bicyclic) bond motifs is 1. The van der Waals surface area contributed by atoms with Crippen molar-refractivity contribution < 1.29 is 29.0 Å². The average Bonchev–Trinajstić information content (AvgIpc) is 3.43. The number of anilines is 1. The van der Waals surface area contributed by atoms with Crippen LogP contribution in [0, 0.1) is 6.92 Å². The SMILES string of the molecule is Cc1ccccc1CNc1ccc(CN2CCCC(NC(=O)N[C@@H](CC(=O)O)c3ccc4c(c3)OCO4)C2=O)cc1. The van der Waals surface area contributed by atoms with Crippen LogP contribution in [0.1, 0.15) is 47.6 Å². The highest BCUT2D eigenvalue weighted by Crippen LogP contribution is 2.34. The molecule has 0 bridgehead atoms. The second-order valence-corrected chi connectivity index (χ2v) is 10.3. The van der Waals surface area contributed by atoms with Crippen LogP contribution >= 0.6 is 0 Å². The van der Waals surface area contributed by atoms with Crippen LogP contribution in [0.25, 0.3) is 0 Å². The first kappa shape index (κ1) is 27.8. The van der Waals surface area contributed by atoms with Crippen LogP contribution in [0.3, 0.4) is 0 Å². The number of benzene rings is 3. The summed E-state index contributed by atoms with van der Waals surface area (Å²) in [4.78, 5) is 39.4. The van der Waals surface area contributed by atoms with Gasteiger partial charge in [0.2, 0.25) is 12.7 Å². The Bertz CT molecular complexity index is 1410. The number of carbonyl (C=O) groups excluding carboxylic acids is 2. The number of hydrogen-bond donors (Lipinski definition) is 4. The Morgan fingerprint density at radius 1 is 1.05 bits per heavy atom. The molecule has 3 aromatic rings. The van der Waals surface area contributed by atoms with Gasteiger partial charge in [-0.05, 0) is 66.3 Å². The van der Waals surface area contributed by atoms with Crippen molar-refractivity contribution >= 4 is 23.6 Å². The van der Waals surface area contributed by atoms with Gasteiger partial charge in [0.15, 0.2) is 11.5 Å². The zero-order valence-corrected chi connectivity index (χ0v) is 22.9. The lowest BCUT2D eigenvalue weighted by Crippen LogP contribution is -2.54. The first-order valence-electron chi connectivity index (χ1n) is 13.7. The number of carboxylic acids is 1. The minimum absolute atomic E-state index is 0.0889. The zero-order valence-electron chi connectivity index (χ0n) is 22.9. The summed E-state index contributed by atoms with van der Waals surface area (Å²) >= 11 is 0. The third-order valence-corrected chi connectivity index (χ3v) is 7.39. The maximum atomic E-state index is 13.2. The number of urea groups is 1. The first-order valence-corrected chi connectivity index (χ1v) is 13.7. The molecule has 0 aliphatic carbocycles. The highest BCUT2D eigenvalue weighted by Gasteiger charge is 2.31. The minimum Gasteiger partial charge on any atom is -0.481 e. The van der Waals surface area contributed by atoms with E-state index in [1.54, 1.807) is 23.1 Å². The smallest absolute Gasteiger partial charge is 0.315 e. The fraction of sp³-hybridized carbons (Fsp3) is 0.323. The predicted molar refractivity (Wildman–Crippen MR) is 153 cm³/mol. The highest BCUT2D eigenvalue weighted by molar-refractivity contribution is 5.88. The number of nitrogens with one attached hydrogen (secondary N) is 3. The molecule has 1 fully saturated rings. The Labute approximate surface area is 238 Å². The Kier molecular flexibility index (Phi) is 8.57. The van der Waals surface area contributed by atoms with E-state index < -0.39 is 24.1 Å². The molecule has 3 amide bonds. The van der Waals surface area contributed by atoms with E-state index in [1.807, 2.05) is 36.4 Å². The average molecular weight is 559 g/mol. The summed E-state index contributed by atoms with van der Waals surface area (Å²) in [5.41, 5.74) is 5.04. The first-order chi connectivity index (χ1) is 19.9. The lowest BCUT2D eigenvalue weighted by molar-refractivity contribution is -0.138. The molecule has 3 aromatic carbocycles. The molecule has 2 aliphatic rings. The number of aryl methyl sites for hydroxylation is 1. The molecule has 214 valence electrons. The molecule has 2 atom stereocenters. The number of ether oxygens (including phenoxy) is 2. The van der Waals surface area contributed by atoms with Crippen LogP contribution in [0.5, 0.6) is 11.5 Å². The normalized spacial score (nSPS) is 16.7. The molecule has 0 radical (unpaired) electrons. The van der Waals surface area contributed by atoms with E-state index in [-0.39, 0.29) is 19.1 Å². The van der Waals surface area contributed by atoms with Gasteiger partial charge in [-0.25, -0.2) is 4.79 Å². The predicted octanol–water partition coefficient (Wildman–Crippen LogP) is 4.34. The Hall–Kier alpha value is -4.73. The van der Waals surface area contributed by atoms with Gasteiger partial charge in [0, 0.05) is 25.3 Å². The molecule has 0 spiro atoms. The molecule has 5 rings (SSSR count). The monoisotopic (exact) mass is 558 g/mol. The summed E-state index contributed by atoms with van der Waals surface area (Å²) < 4.78 is 10.7. The third kappa shape index (κ3) is 7.08. The molecule has 10 nitrogen and oxygen atoms in total. The van der Waals surface area contributed by atoms with Gasteiger partial charge in [-0.15, -0.1) is 0 Å². The lowest BCUT2D eigenvalue weighted by Gasteiger charge is -2.33. The molecule has 4 N–H and O–H groups in total. The minimum atomic E-state index is -1.07. The van der Waals surface area contributed by atoms with Gasteiger partial charge in [0.1, 0.15) is 6.04 Å². The lowest BCUT2D eigenvalue weighted by atomic mass is 10.0. The second-order valence-electron chi connectivity index (χ2n) is 10.3. The summed E-state index contributed by atoms with van der Waals surface area (Å²) in [5.74, 6) is -0.169. The van der Waals surface area contributed by atoms with Gasteiger partial charge >= 0.3 is 12.0 Å². The topological polar surface area (TPSA) is 129 Å². The molecule has 41 heavy (non-hydrogen) atoms. The van der Waals surface area contributed by atoms with Gasteiger partial charge in [-0.2, -0.15) is 0 Å². The summed E-state index contributed by atoms with van der Waals surface area (Å²) in [6, 6.07) is 19.2. The summed E-state index contributed by atoms with van der Waals surface area (Å²) in [6.07, 6.45) is 0.930. The van der Waals surface area contributed by atoms with Crippen LogP contribution in [0.15, 0.2) is 66.7 Å². The summed E-state index contributed by atoms with van der Waals surface area (Å²) in [5, 5.41) is 18.3. The van der Waals surface area contributed by atoms with E-state index in [0.717, 1.165) is 24.2 Å². The molecule has 0 saturated carbocycles. The molecule has 0 aromatic heterocycles. The maximum absolute atomic E-state index is 13.2. The van der Waals surface area contributed by atoms with Crippen molar-refractivity contribution in [2.24, 2.45) is 0 Å². The van der Waals surface area contributed by atoms with Crippen molar-refractivity contribution in [1.82, 2.24) is 15.5 Å². The number of likely N-dealkylation sites (tertiary alicyclic amines) is 1. The number of hydrogen-bond acceptors (Lipinski definition) is 6. The number of aliphatic carboxylic acids is 1. The number of rotatable bonds is 10. The fourth-order valence-corrected chi connectivity index (χ4v) is 5.10.